The van der Waals surface area contributed by atoms with Gasteiger partial charge in [0.1, 0.15) is 15.8 Å². The van der Waals surface area contributed by atoms with Crippen molar-refractivity contribution in [3.63, 3.8) is 0 Å². The third-order valence-electron chi connectivity index (χ3n) is 3.07. The first-order chi connectivity index (χ1) is 8.59. The lowest BCUT2D eigenvalue weighted by atomic mass is 10.0. The van der Waals surface area contributed by atoms with Crippen LogP contribution >= 0.6 is 15.9 Å². The number of nitrogens with zero attached hydrogens (tertiary/aromatic N) is 1. The quantitative estimate of drug-likeness (QED) is 0.685. The highest BCUT2D eigenvalue weighted by atomic mass is 79.9. The molecule has 0 radical (unpaired) electrons. The molecule has 0 spiro atoms. The maximum Gasteiger partial charge on any atom is 0.235 e. The van der Waals surface area contributed by atoms with Crippen LogP contribution in [0.4, 0.5) is 0 Å². The molecule has 0 amide bonds. The molecule has 1 saturated carbocycles. The fraction of sp³-hybridized carbons (Fsp3) is 0.417. The first-order valence-corrected chi connectivity index (χ1v) is 6.12. The Labute approximate surface area is 113 Å². The molecule has 0 heterocycles. The van der Waals surface area contributed by atoms with Crippen LogP contribution in [-0.4, -0.2) is 25.4 Å². The summed E-state index contributed by atoms with van der Waals surface area (Å²) in [5.41, 5.74) is -0.108. The van der Waals surface area contributed by atoms with Gasteiger partial charge < -0.3 is 14.6 Å². The Kier molecular flexibility index (Phi) is 3.32. The van der Waals surface area contributed by atoms with E-state index in [1.807, 2.05) is 0 Å². The Bertz CT molecular complexity index is 533. The molecule has 0 bridgehead atoms. The van der Waals surface area contributed by atoms with E-state index >= 15 is 0 Å². The summed E-state index contributed by atoms with van der Waals surface area (Å²) in [5.74, 6) is 0.901. The van der Waals surface area contributed by atoms with Gasteiger partial charge in [0, 0.05) is 5.56 Å². The Balaban J connectivity index is 2.63. The second-order valence-corrected chi connectivity index (χ2v) is 4.85. The van der Waals surface area contributed by atoms with Crippen LogP contribution in [0.25, 0.3) is 0 Å². The number of methoxy groups -OCH3 is 2. The molecule has 2 rings (SSSR count). The maximum atomic E-state index is 10.5. The lowest BCUT2D eigenvalue weighted by Crippen LogP contribution is -2.05. The molecule has 0 atom stereocenters. The normalized spacial score (nSPS) is 15.7. The summed E-state index contributed by atoms with van der Waals surface area (Å²) in [7, 11) is 2.99. The smallest absolute Gasteiger partial charge is 0.235 e. The molecule has 1 aliphatic rings. The molecule has 1 N–H and O–H groups in total. The molecule has 0 saturated heterocycles. The summed E-state index contributed by atoms with van der Waals surface area (Å²) in [6, 6.07) is 1.65. The van der Waals surface area contributed by atoms with Gasteiger partial charge in [0.25, 0.3) is 0 Å². The van der Waals surface area contributed by atoms with E-state index in [4.69, 9.17) is 9.47 Å². The van der Waals surface area contributed by atoms with Gasteiger partial charge in [-0.3, -0.25) is 0 Å². The molecule has 5 nitrogen and oxygen atoms in total. The van der Waals surface area contributed by atoms with Crippen molar-refractivity contribution in [1.29, 1.82) is 0 Å². The third kappa shape index (κ3) is 1.87. The SMILES string of the molecule is COc1cc(C2(N=C=O)CC2)c(O)c(Br)c1OC. The van der Waals surface area contributed by atoms with E-state index in [-0.39, 0.29) is 5.75 Å². The second-order valence-electron chi connectivity index (χ2n) is 4.06. The van der Waals surface area contributed by atoms with Crippen molar-refractivity contribution >= 4 is 22.0 Å². The number of isocyanates is 1. The number of aromatic hydroxyl groups is 1. The number of hydrogen-bond acceptors (Lipinski definition) is 5. The molecule has 0 unspecified atom stereocenters. The molecule has 1 fully saturated rings. The Morgan fingerprint density at radius 3 is 2.56 bits per heavy atom. The first-order valence-electron chi connectivity index (χ1n) is 5.32. The molecule has 96 valence electrons. The van der Waals surface area contributed by atoms with Crippen LogP contribution in [0.5, 0.6) is 17.2 Å². The Morgan fingerprint density at radius 1 is 1.44 bits per heavy atom. The van der Waals surface area contributed by atoms with Crippen molar-refractivity contribution in [3.05, 3.63) is 16.1 Å². The summed E-state index contributed by atoms with van der Waals surface area (Å²) in [4.78, 5) is 14.3. The third-order valence-corrected chi connectivity index (χ3v) is 3.81. The minimum absolute atomic E-state index is 0.0177. The number of hydrogen-bond donors (Lipinski definition) is 1. The van der Waals surface area contributed by atoms with Crippen LogP contribution in [-0.2, 0) is 10.3 Å². The number of rotatable bonds is 4. The van der Waals surface area contributed by atoms with Crippen LogP contribution in [0.1, 0.15) is 18.4 Å². The number of halogens is 1. The highest BCUT2D eigenvalue weighted by molar-refractivity contribution is 9.10. The summed E-state index contributed by atoms with van der Waals surface area (Å²) >= 11 is 3.26. The number of phenols is 1. The van der Waals surface area contributed by atoms with E-state index in [9.17, 15) is 9.90 Å². The minimum atomic E-state index is -0.659. The molecule has 0 aromatic heterocycles. The zero-order valence-corrected chi connectivity index (χ0v) is 11.6. The zero-order valence-electron chi connectivity index (χ0n) is 9.99. The first kappa shape index (κ1) is 12.9. The van der Waals surface area contributed by atoms with E-state index in [1.165, 1.54) is 14.2 Å². The molecule has 1 aromatic rings. The molecular formula is C12H12BrNO4. The highest BCUT2D eigenvalue weighted by Gasteiger charge is 2.47. The van der Waals surface area contributed by atoms with Gasteiger partial charge in [-0.1, -0.05) is 0 Å². The number of carbonyl (C=O) groups excluding carboxylic acids is 1. The fourth-order valence-electron chi connectivity index (χ4n) is 1.94. The van der Waals surface area contributed by atoms with Gasteiger partial charge in [0.2, 0.25) is 6.08 Å². The predicted molar refractivity (Wildman–Crippen MR) is 67.9 cm³/mol. The van der Waals surface area contributed by atoms with Crippen molar-refractivity contribution in [2.24, 2.45) is 4.99 Å². The van der Waals surface area contributed by atoms with Crippen molar-refractivity contribution in [3.8, 4) is 17.2 Å². The lowest BCUT2D eigenvalue weighted by Gasteiger charge is -2.17. The fourth-order valence-corrected chi connectivity index (χ4v) is 2.51. The number of phenolic OH excluding ortho intramolecular Hbond substituents is 1. The van der Waals surface area contributed by atoms with Gasteiger partial charge in [0.15, 0.2) is 11.5 Å². The van der Waals surface area contributed by atoms with Gasteiger partial charge >= 0.3 is 0 Å². The van der Waals surface area contributed by atoms with Gasteiger partial charge in [-0.25, -0.2) is 4.79 Å². The summed E-state index contributed by atoms with van der Waals surface area (Å²) in [6.45, 7) is 0. The van der Waals surface area contributed by atoms with Crippen molar-refractivity contribution in [1.82, 2.24) is 0 Å². The number of aliphatic imine (C=N–C) groups is 1. The molecular weight excluding hydrogens is 302 g/mol. The largest absolute Gasteiger partial charge is 0.506 e. The van der Waals surface area contributed by atoms with E-state index in [0.717, 1.165) is 0 Å². The van der Waals surface area contributed by atoms with Gasteiger partial charge in [-0.2, -0.15) is 4.99 Å². The topological polar surface area (TPSA) is 68.1 Å². The Morgan fingerprint density at radius 2 is 2.11 bits per heavy atom. The Hall–Kier alpha value is -1.52. The van der Waals surface area contributed by atoms with Crippen molar-refractivity contribution in [2.45, 2.75) is 18.4 Å². The lowest BCUT2D eigenvalue weighted by molar-refractivity contribution is 0.346. The molecule has 0 aliphatic heterocycles. The van der Waals surface area contributed by atoms with Crippen LogP contribution in [0.2, 0.25) is 0 Å². The summed E-state index contributed by atoms with van der Waals surface area (Å²) in [5, 5.41) is 10.2. The maximum absolute atomic E-state index is 10.5. The monoisotopic (exact) mass is 313 g/mol. The van der Waals surface area contributed by atoms with Crippen LogP contribution in [0, 0.1) is 0 Å². The van der Waals surface area contributed by atoms with Gasteiger partial charge in [0.05, 0.1) is 14.2 Å². The van der Waals surface area contributed by atoms with Crippen LogP contribution in [0.3, 0.4) is 0 Å². The molecule has 1 aliphatic carbocycles. The standard InChI is InChI=1S/C12H12BrNO4/c1-17-8-5-7(12(3-4-12)14-6-15)10(16)9(13)11(8)18-2/h5,16H,3-4H2,1-2H3. The average molecular weight is 314 g/mol. The molecule has 1 aromatic carbocycles. The van der Waals surface area contributed by atoms with Crippen molar-refractivity contribution in [2.75, 3.05) is 14.2 Å². The van der Waals surface area contributed by atoms with Gasteiger partial charge in [-0.05, 0) is 34.8 Å². The second kappa shape index (κ2) is 4.63. The van der Waals surface area contributed by atoms with E-state index in [1.54, 1.807) is 12.1 Å². The summed E-state index contributed by atoms with van der Waals surface area (Å²) in [6.07, 6.45) is 2.97. The van der Waals surface area contributed by atoms with Crippen molar-refractivity contribution < 1.29 is 19.4 Å². The summed E-state index contributed by atoms with van der Waals surface area (Å²) < 4.78 is 10.8. The average Bonchev–Trinajstić information content (AvgIpc) is 3.13. The minimum Gasteiger partial charge on any atom is -0.506 e. The number of benzene rings is 1. The zero-order chi connectivity index (χ0) is 13.3. The van der Waals surface area contributed by atoms with E-state index in [2.05, 4.69) is 20.9 Å². The molecule has 6 heteroatoms. The predicted octanol–water partition coefficient (Wildman–Crippen LogP) is 2.50. The van der Waals surface area contributed by atoms with E-state index in [0.29, 0.717) is 34.4 Å². The molecule has 18 heavy (non-hydrogen) atoms. The van der Waals surface area contributed by atoms with Crippen LogP contribution in [0.15, 0.2) is 15.5 Å². The number of ether oxygens (including phenoxy) is 2. The van der Waals surface area contributed by atoms with Crippen LogP contribution < -0.4 is 9.47 Å². The van der Waals surface area contributed by atoms with Gasteiger partial charge in [-0.15, -0.1) is 0 Å². The van der Waals surface area contributed by atoms with E-state index < -0.39 is 5.54 Å². The highest BCUT2D eigenvalue weighted by Crippen LogP contribution is 2.56.